The Labute approximate surface area is 152 Å². The van der Waals surface area contributed by atoms with E-state index in [1.165, 1.54) is 12.8 Å². The van der Waals surface area contributed by atoms with Crippen LogP contribution in [0.4, 0.5) is 0 Å². The van der Waals surface area contributed by atoms with Gasteiger partial charge in [-0.15, -0.1) is 24.8 Å². The molecule has 0 unspecified atom stereocenters. The third-order valence-electron chi connectivity index (χ3n) is 3.34. The fraction of sp³-hybridized carbons (Fsp3) is 0.500. The Morgan fingerprint density at radius 1 is 1.26 bits per heavy atom. The lowest BCUT2D eigenvalue weighted by Gasteiger charge is -2.12. The van der Waals surface area contributed by atoms with E-state index in [0.29, 0.717) is 6.04 Å². The highest BCUT2D eigenvalue weighted by atomic mass is 35.5. The smallest absolute Gasteiger partial charge is 0.138 e. The first kappa shape index (κ1) is 22.0. The van der Waals surface area contributed by atoms with Crippen LogP contribution >= 0.6 is 24.8 Å². The van der Waals surface area contributed by atoms with Gasteiger partial charge in [0.25, 0.3) is 0 Å². The summed E-state index contributed by atoms with van der Waals surface area (Å²) in [7, 11) is 0. The summed E-state index contributed by atoms with van der Waals surface area (Å²) >= 11 is 0. The summed E-state index contributed by atoms with van der Waals surface area (Å²) in [5, 5.41) is 3.43. The van der Waals surface area contributed by atoms with Crippen LogP contribution in [-0.4, -0.2) is 24.2 Å². The van der Waals surface area contributed by atoms with Gasteiger partial charge in [-0.25, -0.2) is 0 Å². The molecule has 0 radical (unpaired) electrons. The normalized spacial score (nSPS) is 18.0. The lowest BCUT2D eigenvalue weighted by molar-refractivity contribution is 0.276. The number of hydrogen-bond donors (Lipinski definition) is 1. The molecular formula is C18H28Cl2N2O. The Hall–Kier alpha value is -1.03. The predicted molar refractivity (Wildman–Crippen MR) is 103 cm³/mol. The van der Waals surface area contributed by atoms with Crippen molar-refractivity contribution in [1.82, 2.24) is 10.3 Å². The number of ether oxygens (including phenoxy) is 1. The molecule has 1 aliphatic rings. The number of pyridine rings is 1. The molecule has 0 bridgehead atoms. The van der Waals surface area contributed by atoms with Gasteiger partial charge in [0.1, 0.15) is 12.4 Å². The van der Waals surface area contributed by atoms with Crippen LogP contribution in [0, 0.1) is 5.41 Å². The van der Waals surface area contributed by atoms with E-state index in [9.17, 15) is 0 Å². The minimum absolute atomic E-state index is 0. The van der Waals surface area contributed by atoms with Crippen molar-refractivity contribution < 1.29 is 4.74 Å². The second kappa shape index (κ2) is 10.7. The molecule has 0 amide bonds. The van der Waals surface area contributed by atoms with Gasteiger partial charge in [0.15, 0.2) is 0 Å². The topological polar surface area (TPSA) is 34.1 Å². The Morgan fingerprint density at radius 2 is 2.04 bits per heavy atom. The number of halogens is 2. The van der Waals surface area contributed by atoms with Crippen LogP contribution in [0.25, 0.3) is 6.08 Å². The number of allylic oxidation sites excluding steroid dienone is 3. The summed E-state index contributed by atoms with van der Waals surface area (Å²) < 4.78 is 5.81. The number of rotatable bonds is 5. The van der Waals surface area contributed by atoms with Crippen molar-refractivity contribution >= 4 is 30.9 Å². The zero-order chi connectivity index (χ0) is 15.1. The fourth-order valence-electron chi connectivity index (χ4n) is 2.21. The Morgan fingerprint density at radius 3 is 2.70 bits per heavy atom. The SMILES string of the molecule is CC(C)(C)C=CC=Cc1cncc(OC[C@@H]2CCCN2)c1.Cl.Cl. The average molecular weight is 359 g/mol. The molecule has 3 nitrogen and oxygen atoms in total. The van der Waals surface area contributed by atoms with E-state index < -0.39 is 0 Å². The molecular weight excluding hydrogens is 331 g/mol. The van der Waals surface area contributed by atoms with Gasteiger partial charge in [-0.2, -0.15) is 0 Å². The maximum Gasteiger partial charge on any atom is 0.138 e. The first-order valence-electron chi connectivity index (χ1n) is 7.70. The van der Waals surface area contributed by atoms with Gasteiger partial charge in [0.05, 0.1) is 6.20 Å². The highest BCUT2D eigenvalue weighted by molar-refractivity contribution is 5.85. The molecule has 1 N–H and O–H groups in total. The molecule has 2 rings (SSSR count). The summed E-state index contributed by atoms with van der Waals surface area (Å²) in [6.07, 6.45) is 14.4. The molecule has 1 aliphatic heterocycles. The number of aromatic nitrogens is 1. The fourth-order valence-corrected chi connectivity index (χ4v) is 2.21. The summed E-state index contributed by atoms with van der Waals surface area (Å²) in [4.78, 5) is 4.24. The van der Waals surface area contributed by atoms with Gasteiger partial charge in [-0.1, -0.05) is 45.1 Å². The van der Waals surface area contributed by atoms with Gasteiger partial charge < -0.3 is 10.1 Å². The van der Waals surface area contributed by atoms with E-state index in [0.717, 1.165) is 24.5 Å². The second-order valence-electron chi connectivity index (χ2n) is 6.64. The van der Waals surface area contributed by atoms with Crippen molar-refractivity contribution in [2.24, 2.45) is 5.41 Å². The molecule has 0 aliphatic carbocycles. The van der Waals surface area contributed by atoms with Crippen molar-refractivity contribution in [1.29, 1.82) is 0 Å². The number of nitrogens with one attached hydrogen (secondary N) is 1. The summed E-state index contributed by atoms with van der Waals surface area (Å²) in [5.74, 6) is 0.839. The van der Waals surface area contributed by atoms with Crippen molar-refractivity contribution in [3.63, 3.8) is 0 Å². The van der Waals surface area contributed by atoms with Crippen molar-refractivity contribution in [3.8, 4) is 5.75 Å². The van der Waals surface area contributed by atoms with E-state index >= 15 is 0 Å². The molecule has 23 heavy (non-hydrogen) atoms. The lowest BCUT2D eigenvalue weighted by Crippen LogP contribution is -2.28. The molecule has 0 aromatic carbocycles. The summed E-state index contributed by atoms with van der Waals surface area (Å²) in [6, 6.07) is 2.52. The van der Waals surface area contributed by atoms with Gasteiger partial charge in [-0.3, -0.25) is 4.98 Å². The zero-order valence-electron chi connectivity index (χ0n) is 14.1. The maximum absolute atomic E-state index is 5.81. The molecule has 1 atom stereocenters. The van der Waals surface area contributed by atoms with Crippen LogP contribution in [0.15, 0.2) is 36.7 Å². The van der Waals surface area contributed by atoms with Crippen molar-refractivity contribution in [3.05, 3.63) is 42.3 Å². The third kappa shape index (κ3) is 8.99. The minimum atomic E-state index is 0. The summed E-state index contributed by atoms with van der Waals surface area (Å²) in [5.41, 5.74) is 1.27. The highest BCUT2D eigenvalue weighted by Crippen LogP contribution is 2.16. The molecule has 2 heterocycles. The van der Waals surface area contributed by atoms with Gasteiger partial charge >= 0.3 is 0 Å². The molecule has 130 valence electrons. The Balaban J connectivity index is 0.00000242. The summed E-state index contributed by atoms with van der Waals surface area (Å²) in [6.45, 7) is 8.38. The third-order valence-corrected chi connectivity index (χ3v) is 3.34. The van der Waals surface area contributed by atoms with Crippen LogP contribution in [0.1, 0.15) is 39.2 Å². The quantitative estimate of drug-likeness (QED) is 0.776. The van der Waals surface area contributed by atoms with Crippen LogP contribution in [0.2, 0.25) is 0 Å². The lowest BCUT2D eigenvalue weighted by atomic mass is 9.96. The maximum atomic E-state index is 5.81. The average Bonchev–Trinajstić information content (AvgIpc) is 2.94. The standard InChI is InChI=1S/C18H26N2O.2ClH/c1-18(2,3)9-5-4-7-15-11-17(13-19-12-15)21-14-16-8-6-10-20-16;;/h4-5,7,9,11-13,16,20H,6,8,10,14H2,1-3H3;2*1H/t16-;;/m0../s1. The molecule has 1 fully saturated rings. The Kier molecular flexibility index (Phi) is 10.2. The van der Waals surface area contributed by atoms with Crippen LogP contribution in [0.5, 0.6) is 5.75 Å². The Bertz CT molecular complexity index is 504. The van der Waals surface area contributed by atoms with Gasteiger partial charge in [0, 0.05) is 12.2 Å². The van der Waals surface area contributed by atoms with Crippen LogP contribution in [-0.2, 0) is 0 Å². The molecule has 0 saturated carbocycles. The molecule has 0 spiro atoms. The number of hydrogen-bond acceptors (Lipinski definition) is 3. The van der Waals surface area contributed by atoms with Gasteiger partial charge in [0.2, 0.25) is 0 Å². The minimum Gasteiger partial charge on any atom is -0.490 e. The highest BCUT2D eigenvalue weighted by Gasteiger charge is 2.14. The van der Waals surface area contributed by atoms with Gasteiger partial charge in [-0.05, 0) is 36.4 Å². The van der Waals surface area contributed by atoms with Crippen molar-refractivity contribution in [2.45, 2.75) is 39.7 Å². The number of nitrogens with zero attached hydrogens (tertiary/aromatic N) is 1. The first-order valence-corrected chi connectivity index (χ1v) is 7.70. The van der Waals surface area contributed by atoms with E-state index in [2.05, 4.69) is 49.3 Å². The van der Waals surface area contributed by atoms with E-state index in [1.54, 1.807) is 6.20 Å². The molecule has 1 saturated heterocycles. The van der Waals surface area contributed by atoms with E-state index in [-0.39, 0.29) is 30.2 Å². The molecule has 1 aromatic heterocycles. The predicted octanol–water partition coefficient (Wildman–Crippen LogP) is 4.67. The zero-order valence-corrected chi connectivity index (χ0v) is 15.8. The second-order valence-corrected chi connectivity index (χ2v) is 6.64. The van der Waals surface area contributed by atoms with Crippen molar-refractivity contribution in [2.75, 3.05) is 13.2 Å². The first-order chi connectivity index (χ1) is 10.0. The van der Waals surface area contributed by atoms with E-state index in [4.69, 9.17) is 4.74 Å². The van der Waals surface area contributed by atoms with Crippen LogP contribution in [0.3, 0.4) is 0 Å². The van der Waals surface area contributed by atoms with Crippen LogP contribution < -0.4 is 10.1 Å². The molecule has 5 heteroatoms. The van der Waals surface area contributed by atoms with E-state index in [1.807, 2.05) is 18.3 Å². The monoisotopic (exact) mass is 358 g/mol. The largest absolute Gasteiger partial charge is 0.490 e. The molecule has 1 aromatic rings.